The Balaban J connectivity index is 5.00. The highest BCUT2D eigenvalue weighted by atomic mass is 31.2. The van der Waals surface area contributed by atoms with Gasteiger partial charge in [-0.15, -0.1) is 0 Å². The van der Waals surface area contributed by atoms with E-state index in [0.29, 0.717) is 0 Å². The van der Waals surface area contributed by atoms with E-state index >= 15 is 0 Å². The highest BCUT2D eigenvalue weighted by Gasteiger charge is 2.37. The molecule has 0 saturated carbocycles. The molecule has 0 aliphatic carbocycles. The number of carboxylic acids is 2. The van der Waals surface area contributed by atoms with Crippen molar-refractivity contribution >= 4 is 26.0 Å². The molecule has 0 aromatic rings. The highest BCUT2D eigenvalue weighted by Crippen LogP contribution is 2.52. The van der Waals surface area contributed by atoms with Crippen LogP contribution in [0.3, 0.4) is 0 Å². The van der Waals surface area contributed by atoms with Gasteiger partial charge in [-0.1, -0.05) is 0 Å². The molecule has 0 amide bonds. The quantitative estimate of drug-likeness (QED) is 0.465. The van der Waals surface area contributed by atoms with Crippen molar-refractivity contribution in [1.82, 2.24) is 0 Å². The van der Waals surface area contributed by atoms with Crippen LogP contribution < -0.4 is 0 Å². The maximum absolute atomic E-state index is 12.1. The Morgan fingerprint density at radius 3 is 1.63 bits per heavy atom. The van der Waals surface area contributed by atoms with Crippen molar-refractivity contribution in [2.24, 2.45) is 0 Å². The largest absolute Gasteiger partial charge is 0.479 e. The van der Waals surface area contributed by atoms with Gasteiger partial charge in [0.15, 0.2) is 12.2 Å². The minimum absolute atomic E-state index is 0.274. The molecule has 0 spiro atoms. The summed E-state index contributed by atoms with van der Waals surface area (Å²) in [5.74, 6) is -2.90. The fourth-order valence-corrected chi connectivity index (χ4v) is 2.34. The first-order chi connectivity index (χ1) is 8.61. The molecule has 0 fully saturated rings. The SMILES string of the molecule is CC(C=O)OP(=O)(OC(C)C(=O)O)OC(C)C(=O)O. The Bertz CT molecular complexity index is 367. The van der Waals surface area contributed by atoms with Crippen LogP contribution in [0, 0.1) is 0 Å². The van der Waals surface area contributed by atoms with Crippen LogP contribution >= 0.6 is 7.82 Å². The van der Waals surface area contributed by atoms with Gasteiger partial charge in [-0.25, -0.2) is 14.2 Å². The molecular weight excluding hydrogens is 283 g/mol. The van der Waals surface area contributed by atoms with Gasteiger partial charge < -0.3 is 15.0 Å². The van der Waals surface area contributed by atoms with Crippen molar-refractivity contribution in [3.8, 4) is 0 Å². The molecule has 0 aromatic carbocycles. The second kappa shape index (κ2) is 7.34. The van der Waals surface area contributed by atoms with Crippen LogP contribution in [0.2, 0.25) is 0 Å². The minimum Gasteiger partial charge on any atom is -0.479 e. The van der Waals surface area contributed by atoms with E-state index in [9.17, 15) is 18.9 Å². The second-order valence-corrected chi connectivity index (χ2v) is 5.09. The molecule has 10 heteroatoms. The van der Waals surface area contributed by atoms with E-state index in [1.54, 1.807) is 0 Å². The average molecular weight is 298 g/mol. The van der Waals surface area contributed by atoms with Crippen molar-refractivity contribution in [1.29, 1.82) is 0 Å². The van der Waals surface area contributed by atoms with Crippen molar-refractivity contribution in [2.75, 3.05) is 0 Å². The topological polar surface area (TPSA) is 136 Å². The van der Waals surface area contributed by atoms with E-state index < -0.39 is 38.1 Å². The van der Waals surface area contributed by atoms with E-state index in [1.807, 2.05) is 0 Å². The van der Waals surface area contributed by atoms with Gasteiger partial charge in [-0.3, -0.25) is 13.6 Å². The van der Waals surface area contributed by atoms with Crippen molar-refractivity contribution in [2.45, 2.75) is 39.1 Å². The van der Waals surface area contributed by atoms with Crippen LogP contribution in [0.25, 0.3) is 0 Å². The van der Waals surface area contributed by atoms with Gasteiger partial charge in [-0.05, 0) is 20.8 Å². The number of carbonyl (C=O) groups is 3. The number of aliphatic carboxylic acids is 2. The first kappa shape index (κ1) is 17.7. The third kappa shape index (κ3) is 6.44. The lowest BCUT2D eigenvalue weighted by molar-refractivity contribution is -0.148. The number of phosphoric acid groups is 1. The summed E-state index contributed by atoms with van der Waals surface area (Å²) in [5.41, 5.74) is 0. The number of aldehydes is 1. The molecule has 110 valence electrons. The molecule has 2 N–H and O–H groups in total. The zero-order valence-corrected chi connectivity index (χ0v) is 11.4. The van der Waals surface area contributed by atoms with Crippen molar-refractivity contribution in [3.05, 3.63) is 0 Å². The number of rotatable bonds is 9. The lowest BCUT2D eigenvalue weighted by Crippen LogP contribution is -2.25. The Labute approximate surface area is 109 Å². The summed E-state index contributed by atoms with van der Waals surface area (Å²) in [4.78, 5) is 31.6. The van der Waals surface area contributed by atoms with Gasteiger partial charge in [0.05, 0.1) is 0 Å². The van der Waals surface area contributed by atoms with E-state index in [4.69, 9.17) is 10.2 Å². The number of hydrogen-bond donors (Lipinski definition) is 2. The first-order valence-corrected chi connectivity index (χ1v) is 6.63. The summed E-state index contributed by atoms with van der Waals surface area (Å²) in [6.07, 6.45) is -4.07. The zero-order chi connectivity index (χ0) is 15.2. The number of carbonyl (C=O) groups excluding carboxylic acids is 1. The van der Waals surface area contributed by atoms with E-state index in [2.05, 4.69) is 13.6 Å². The van der Waals surface area contributed by atoms with Crippen molar-refractivity contribution in [3.63, 3.8) is 0 Å². The normalized spacial score (nSPS) is 18.9. The van der Waals surface area contributed by atoms with Crippen LogP contribution in [0.4, 0.5) is 0 Å². The summed E-state index contributed by atoms with van der Waals surface area (Å²) in [6.45, 7) is 3.32. The molecule has 0 aliphatic rings. The Morgan fingerprint density at radius 1 is 1.00 bits per heavy atom. The first-order valence-electron chi connectivity index (χ1n) is 5.17. The van der Waals surface area contributed by atoms with Crippen LogP contribution in [0.15, 0.2) is 0 Å². The Hall–Kier alpha value is -1.28. The maximum Gasteiger partial charge on any atom is 0.477 e. The van der Waals surface area contributed by atoms with E-state index in [-0.39, 0.29) is 6.29 Å². The van der Waals surface area contributed by atoms with Gasteiger partial charge in [0.2, 0.25) is 0 Å². The molecule has 0 rings (SSSR count). The van der Waals surface area contributed by atoms with Crippen LogP contribution in [0.1, 0.15) is 20.8 Å². The molecular formula is C9H15O9P. The molecule has 19 heavy (non-hydrogen) atoms. The molecule has 0 bridgehead atoms. The average Bonchev–Trinajstić information content (AvgIpc) is 2.27. The fraction of sp³-hybridized carbons (Fsp3) is 0.667. The van der Waals surface area contributed by atoms with E-state index in [1.165, 1.54) is 6.92 Å². The van der Waals surface area contributed by atoms with Crippen molar-refractivity contribution < 1.29 is 42.7 Å². The van der Waals surface area contributed by atoms with Gasteiger partial charge in [0.1, 0.15) is 12.4 Å². The van der Waals surface area contributed by atoms with Gasteiger partial charge in [0.25, 0.3) is 0 Å². The molecule has 0 aliphatic heterocycles. The smallest absolute Gasteiger partial charge is 0.477 e. The monoisotopic (exact) mass is 298 g/mol. The summed E-state index contributed by atoms with van der Waals surface area (Å²) in [6, 6.07) is 0. The molecule has 3 unspecified atom stereocenters. The number of carboxylic acid groups (broad SMARTS) is 2. The highest BCUT2D eigenvalue weighted by molar-refractivity contribution is 7.48. The molecule has 0 aromatic heterocycles. The Morgan fingerprint density at radius 2 is 1.37 bits per heavy atom. The molecule has 3 atom stereocenters. The maximum atomic E-state index is 12.1. The standard InChI is InChI=1S/C9H15O9P/c1-5(4-10)16-19(15,17-6(2)8(11)12)18-7(3)9(13)14/h4-7H,1-3H3,(H,11,12)(H,13,14). The number of hydrogen-bond acceptors (Lipinski definition) is 7. The van der Waals surface area contributed by atoms with Crippen LogP contribution in [-0.2, 0) is 32.5 Å². The summed E-state index contributed by atoms with van der Waals surface area (Å²) < 4.78 is 25.9. The van der Waals surface area contributed by atoms with Gasteiger partial charge in [-0.2, -0.15) is 0 Å². The number of phosphoric ester groups is 1. The predicted molar refractivity (Wildman–Crippen MR) is 60.6 cm³/mol. The molecule has 0 saturated heterocycles. The third-order valence-corrected chi connectivity index (χ3v) is 3.50. The molecule has 9 nitrogen and oxygen atoms in total. The van der Waals surface area contributed by atoms with Gasteiger partial charge in [0, 0.05) is 0 Å². The van der Waals surface area contributed by atoms with Crippen LogP contribution in [-0.4, -0.2) is 46.7 Å². The molecule has 0 heterocycles. The lowest BCUT2D eigenvalue weighted by atomic mass is 10.4. The fourth-order valence-electron chi connectivity index (χ4n) is 0.780. The van der Waals surface area contributed by atoms with Gasteiger partial charge >= 0.3 is 19.8 Å². The van der Waals surface area contributed by atoms with Crippen LogP contribution in [0.5, 0.6) is 0 Å². The minimum atomic E-state index is -4.50. The Kier molecular flexibility index (Phi) is 6.85. The van der Waals surface area contributed by atoms with E-state index in [0.717, 1.165) is 13.8 Å². The summed E-state index contributed by atoms with van der Waals surface area (Å²) >= 11 is 0. The summed E-state index contributed by atoms with van der Waals surface area (Å²) in [5, 5.41) is 17.3. The summed E-state index contributed by atoms with van der Waals surface area (Å²) in [7, 11) is -4.50. The zero-order valence-electron chi connectivity index (χ0n) is 10.5. The lowest BCUT2D eigenvalue weighted by Gasteiger charge is -2.22. The predicted octanol–water partition coefficient (Wildman–Crippen LogP) is 0.678. The third-order valence-electron chi connectivity index (χ3n) is 1.76. The molecule has 0 radical (unpaired) electrons. The second-order valence-electron chi connectivity index (χ2n) is 3.57.